The van der Waals surface area contributed by atoms with Crippen LogP contribution in [0.2, 0.25) is 0 Å². The summed E-state index contributed by atoms with van der Waals surface area (Å²) in [7, 11) is 0. The van der Waals surface area contributed by atoms with E-state index in [1.165, 1.54) is 0 Å². The highest BCUT2D eigenvalue weighted by molar-refractivity contribution is 7.16. The number of thiophene rings is 1. The summed E-state index contributed by atoms with van der Waals surface area (Å²) in [6.07, 6.45) is 3.41. The molecule has 5 heterocycles. The fraction of sp³-hybridized carbons (Fsp3) is 0.333. The van der Waals surface area contributed by atoms with Crippen LogP contribution in [0.4, 0.5) is 5.82 Å². The number of fused-ring (bicyclic) bond motifs is 2. The summed E-state index contributed by atoms with van der Waals surface area (Å²) in [6, 6.07) is 7.68. The molecule has 0 aliphatic carbocycles. The van der Waals surface area contributed by atoms with E-state index in [2.05, 4.69) is 36.3 Å². The number of hydrogen-bond donors (Lipinski definition) is 0. The Morgan fingerprint density at radius 2 is 1.93 bits per heavy atom. The Morgan fingerprint density at radius 1 is 1.04 bits per heavy atom. The fourth-order valence-corrected chi connectivity index (χ4v) is 4.29. The first-order valence-electron chi connectivity index (χ1n) is 8.99. The maximum atomic E-state index is 12.4. The van der Waals surface area contributed by atoms with Crippen molar-refractivity contribution in [1.29, 1.82) is 0 Å². The SMILES string of the molecule is O=c1n(CCN2CCN(c3ncnc4sccc34)CC2)nc2ccccn12. The lowest BCUT2D eigenvalue weighted by atomic mass is 10.2. The molecule has 1 saturated heterocycles. The van der Waals surface area contributed by atoms with Gasteiger partial charge in [0.2, 0.25) is 0 Å². The van der Waals surface area contributed by atoms with Gasteiger partial charge in [-0.1, -0.05) is 6.07 Å². The van der Waals surface area contributed by atoms with Gasteiger partial charge in [0.25, 0.3) is 0 Å². The van der Waals surface area contributed by atoms with Crippen molar-refractivity contribution in [3.63, 3.8) is 0 Å². The van der Waals surface area contributed by atoms with Gasteiger partial charge in [-0.15, -0.1) is 16.4 Å². The molecule has 0 unspecified atom stereocenters. The second kappa shape index (κ2) is 6.75. The van der Waals surface area contributed by atoms with Crippen LogP contribution in [0.25, 0.3) is 15.9 Å². The third kappa shape index (κ3) is 2.98. The van der Waals surface area contributed by atoms with Crippen LogP contribution in [0.3, 0.4) is 0 Å². The lowest BCUT2D eigenvalue weighted by Gasteiger charge is -2.35. The second-order valence-electron chi connectivity index (χ2n) is 6.60. The molecular weight excluding hydrogens is 362 g/mol. The Bertz CT molecular complexity index is 1140. The molecular formula is C18H19N7OS. The first kappa shape index (κ1) is 16.4. The minimum Gasteiger partial charge on any atom is -0.353 e. The van der Waals surface area contributed by atoms with Gasteiger partial charge in [-0.3, -0.25) is 9.30 Å². The molecule has 1 fully saturated rings. The number of aromatic nitrogens is 5. The van der Waals surface area contributed by atoms with Gasteiger partial charge in [0.05, 0.1) is 11.9 Å². The molecule has 0 aromatic carbocycles. The molecule has 1 aliphatic rings. The van der Waals surface area contributed by atoms with Gasteiger partial charge in [-0.25, -0.2) is 19.4 Å². The van der Waals surface area contributed by atoms with Gasteiger partial charge in [0, 0.05) is 38.9 Å². The van der Waals surface area contributed by atoms with E-state index < -0.39 is 0 Å². The lowest BCUT2D eigenvalue weighted by molar-refractivity contribution is 0.243. The lowest BCUT2D eigenvalue weighted by Crippen LogP contribution is -2.48. The van der Waals surface area contributed by atoms with Crippen molar-refractivity contribution in [3.05, 3.63) is 52.7 Å². The van der Waals surface area contributed by atoms with Crippen LogP contribution in [0, 0.1) is 0 Å². The Kier molecular flexibility index (Phi) is 4.10. The summed E-state index contributed by atoms with van der Waals surface area (Å²) in [4.78, 5) is 26.9. The molecule has 4 aromatic heterocycles. The van der Waals surface area contributed by atoms with Gasteiger partial charge >= 0.3 is 5.69 Å². The quantitative estimate of drug-likeness (QED) is 0.531. The van der Waals surface area contributed by atoms with E-state index in [1.807, 2.05) is 18.2 Å². The predicted molar refractivity (Wildman–Crippen MR) is 106 cm³/mol. The standard InChI is InChI=1S/C18H19N7OS/c26-18-24-5-2-1-3-15(24)21-25(18)11-8-22-6-9-23(10-7-22)16-14-4-12-27-17(14)20-13-19-16/h1-5,12-13H,6-11H2. The summed E-state index contributed by atoms with van der Waals surface area (Å²) in [5.74, 6) is 1.03. The number of hydrogen-bond acceptors (Lipinski definition) is 7. The highest BCUT2D eigenvalue weighted by Crippen LogP contribution is 2.27. The van der Waals surface area contributed by atoms with E-state index in [0.29, 0.717) is 12.2 Å². The van der Waals surface area contributed by atoms with Crippen molar-refractivity contribution in [2.45, 2.75) is 6.54 Å². The summed E-state index contributed by atoms with van der Waals surface area (Å²) in [6.45, 7) is 5.14. The zero-order valence-electron chi connectivity index (χ0n) is 14.7. The van der Waals surface area contributed by atoms with Gasteiger partial charge in [-0.05, 0) is 23.6 Å². The van der Waals surface area contributed by atoms with Crippen LogP contribution >= 0.6 is 11.3 Å². The molecule has 0 atom stereocenters. The topological polar surface area (TPSA) is 71.6 Å². The summed E-state index contributed by atoms with van der Waals surface area (Å²) < 4.78 is 3.14. The Morgan fingerprint density at radius 3 is 2.78 bits per heavy atom. The molecule has 1 aliphatic heterocycles. The summed E-state index contributed by atoms with van der Waals surface area (Å²) in [5, 5.41) is 7.59. The van der Waals surface area contributed by atoms with E-state index in [-0.39, 0.29) is 5.69 Å². The predicted octanol–water partition coefficient (Wildman–Crippen LogP) is 1.32. The maximum Gasteiger partial charge on any atom is 0.350 e. The maximum absolute atomic E-state index is 12.4. The smallest absolute Gasteiger partial charge is 0.350 e. The molecule has 0 radical (unpaired) electrons. The Hall–Kier alpha value is -2.78. The minimum atomic E-state index is -0.0786. The monoisotopic (exact) mass is 381 g/mol. The Labute approximate surface area is 159 Å². The fourth-order valence-electron chi connectivity index (χ4n) is 3.56. The van der Waals surface area contributed by atoms with Gasteiger partial charge in [0.1, 0.15) is 17.0 Å². The Balaban J connectivity index is 1.24. The molecule has 27 heavy (non-hydrogen) atoms. The van der Waals surface area contributed by atoms with Crippen molar-refractivity contribution in [2.75, 3.05) is 37.6 Å². The van der Waals surface area contributed by atoms with Crippen molar-refractivity contribution in [2.24, 2.45) is 0 Å². The van der Waals surface area contributed by atoms with Crippen LogP contribution in [0.15, 0.2) is 47.0 Å². The molecule has 0 bridgehead atoms. The van der Waals surface area contributed by atoms with Gasteiger partial charge in [-0.2, -0.15) is 0 Å². The molecule has 0 saturated carbocycles. The number of pyridine rings is 1. The number of anilines is 1. The first-order valence-corrected chi connectivity index (χ1v) is 9.87. The third-order valence-electron chi connectivity index (χ3n) is 5.03. The second-order valence-corrected chi connectivity index (χ2v) is 7.49. The molecule has 4 aromatic rings. The van der Waals surface area contributed by atoms with Gasteiger partial charge in [0.15, 0.2) is 5.65 Å². The van der Waals surface area contributed by atoms with Crippen LogP contribution in [-0.4, -0.2) is 61.8 Å². The average molecular weight is 381 g/mol. The van der Waals surface area contributed by atoms with Crippen molar-refractivity contribution in [3.8, 4) is 0 Å². The van der Waals surface area contributed by atoms with E-state index >= 15 is 0 Å². The highest BCUT2D eigenvalue weighted by atomic mass is 32.1. The molecule has 0 spiro atoms. The van der Waals surface area contributed by atoms with Crippen LogP contribution in [0.1, 0.15) is 0 Å². The minimum absolute atomic E-state index is 0.0786. The zero-order valence-corrected chi connectivity index (χ0v) is 15.5. The van der Waals surface area contributed by atoms with Gasteiger partial charge < -0.3 is 4.90 Å². The summed E-state index contributed by atoms with van der Waals surface area (Å²) >= 11 is 1.65. The van der Waals surface area contributed by atoms with Crippen molar-refractivity contribution < 1.29 is 0 Å². The summed E-state index contributed by atoms with van der Waals surface area (Å²) in [5.41, 5.74) is 0.612. The number of rotatable bonds is 4. The van der Waals surface area contributed by atoms with Crippen LogP contribution in [-0.2, 0) is 6.54 Å². The highest BCUT2D eigenvalue weighted by Gasteiger charge is 2.20. The van der Waals surface area contributed by atoms with E-state index in [1.54, 1.807) is 32.9 Å². The molecule has 9 heteroatoms. The molecule has 138 valence electrons. The zero-order chi connectivity index (χ0) is 18.2. The van der Waals surface area contributed by atoms with E-state index in [9.17, 15) is 4.79 Å². The molecule has 0 N–H and O–H groups in total. The first-order chi connectivity index (χ1) is 13.3. The van der Waals surface area contributed by atoms with Crippen LogP contribution < -0.4 is 10.6 Å². The van der Waals surface area contributed by atoms with Crippen LogP contribution in [0.5, 0.6) is 0 Å². The third-order valence-corrected chi connectivity index (χ3v) is 5.85. The molecule has 0 amide bonds. The normalized spacial score (nSPS) is 15.8. The van der Waals surface area contributed by atoms with E-state index in [4.69, 9.17) is 0 Å². The van der Waals surface area contributed by atoms with Crippen molar-refractivity contribution in [1.82, 2.24) is 29.0 Å². The molecule has 8 nitrogen and oxygen atoms in total. The number of piperazine rings is 1. The van der Waals surface area contributed by atoms with E-state index in [0.717, 1.165) is 48.8 Å². The van der Waals surface area contributed by atoms with Crippen molar-refractivity contribution >= 4 is 33.0 Å². The average Bonchev–Trinajstić information content (AvgIpc) is 3.32. The number of nitrogens with zero attached hydrogens (tertiary/aromatic N) is 7. The largest absolute Gasteiger partial charge is 0.353 e. The molecule has 5 rings (SSSR count).